The Hall–Kier alpha value is -3.53. The quantitative estimate of drug-likeness (QED) is 0.398. The van der Waals surface area contributed by atoms with E-state index in [1.807, 2.05) is 36.4 Å². The van der Waals surface area contributed by atoms with Crippen LogP contribution in [-0.2, 0) is 24.1 Å². The van der Waals surface area contributed by atoms with Crippen molar-refractivity contribution in [1.82, 2.24) is 4.57 Å². The van der Waals surface area contributed by atoms with Crippen LogP contribution in [0.1, 0.15) is 27.0 Å². The van der Waals surface area contributed by atoms with Crippen LogP contribution in [0.3, 0.4) is 0 Å². The molecular formula is C26H25NO3. The van der Waals surface area contributed by atoms with E-state index in [2.05, 4.69) is 47.2 Å². The average molecular weight is 399 g/mol. The van der Waals surface area contributed by atoms with Gasteiger partial charge in [0, 0.05) is 12.7 Å². The fraction of sp³-hybridized carbons (Fsp3) is 0.192. The number of aryl methyl sites for hydroxylation is 2. The summed E-state index contributed by atoms with van der Waals surface area (Å²) >= 11 is 0. The van der Waals surface area contributed by atoms with Crippen LogP contribution >= 0.6 is 0 Å². The summed E-state index contributed by atoms with van der Waals surface area (Å²) in [6, 6.07) is 24.5. The van der Waals surface area contributed by atoms with Crippen molar-refractivity contribution < 1.29 is 14.3 Å². The number of esters is 1. The molecular weight excluding hydrogens is 374 g/mol. The van der Waals surface area contributed by atoms with Gasteiger partial charge in [0.05, 0.1) is 25.3 Å². The van der Waals surface area contributed by atoms with Crippen molar-refractivity contribution in [3.63, 3.8) is 0 Å². The second-order valence-electron chi connectivity index (χ2n) is 7.34. The molecule has 3 aromatic carbocycles. The van der Waals surface area contributed by atoms with Gasteiger partial charge in [0.25, 0.3) is 0 Å². The highest BCUT2D eigenvalue weighted by Gasteiger charge is 2.09. The highest BCUT2D eigenvalue weighted by atomic mass is 16.5. The van der Waals surface area contributed by atoms with Gasteiger partial charge in [-0.05, 0) is 65.3 Å². The first-order valence-corrected chi connectivity index (χ1v) is 10.0. The SMILES string of the molecule is COC(=O)c1ccc(CCc2cccc3ccn(Cc4cccc(OC)c4)c23)cc1. The number of hydrogen-bond donors (Lipinski definition) is 0. The van der Waals surface area contributed by atoms with E-state index in [1.165, 1.54) is 34.7 Å². The smallest absolute Gasteiger partial charge is 0.337 e. The third-order valence-electron chi connectivity index (χ3n) is 5.42. The number of benzene rings is 3. The van der Waals surface area contributed by atoms with Gasteiger partial charge in [-0.15, -0.1) is 0 Å². The summed E-state index contributed by atoms with van der Waals surface area (Å²) in [4.78, 5) is 11.6. The van der Waals surface area contributed by atoms with Gasteiger partial charge in [-0.25, -0.2) is 4.79 Å². The zero-order valence-electron chi connectivity index (χ0n) is 17.3. The Kier molecular flexibility index (Phi) is 5.84. The molecule has 0 atom stereocenters. The van der Waals surface area contributed by atoms with E-state index in [0.717, 1.165) is 25.1 Å². The van der Waals surface area contributed by atoms with Crippen LogP contribution in [0, 0.1) is 0 Å². The second kappa shape index (κ2) is 8.87. The lowest BCUT2D eigenvalue weighted by Gasteiger charge is -2.11. The first-order chi connectivity index (χ1) is 14.7. The van der Waals surface area contributed by atoms with Crippen LogP contribution in [-0.4, -0.2) is 24.8 Å². The van der Waals surface area contributed by atoms with Crippen LogP contribution in [0.2, 0.25) is 0 Å². The summed E-state index contributed by atoms with van der Waals surface area (Å²) in [5, 5.41) is 1.25. The molecule has 0 saturated heterocycles. The fourth-order valence-electron chi connectivity index (χ4n) is 3.85. The minimum absolute atomic E-state index is 0.304. The number of aromatic nitrogens is 1. The van der Waals surface area contributed by atoms with Crippen molar-refractivity contribution in [2.75, 3.05) is 14.2 Å². The Morgan fingerprint density at radius 1 is 0.867 bits per heavy atom. The van der Waals surface area contributed by atoms with Crippen molar-refractivity contribution in [3.05, 3.63) is 101 Å². The molecule has 4 heteroatoms. The molecule has 4 aromatic rings. The Balaban J connectivity index is 1.55. The van der Waals surface area contributed by atoms with Gasteiger partial charge >= 0.3 is 5.97 Å². The first kappa shape index (κ1) is 19.8. The van der Waals surface area contributed by atoms with Crippen LogP contribution in [0.25, 0.3) is 10.9 Å². The Morgan fingerprint density at radius 2 is 1.67 bits per heavy atom. The molecule has 0 amide bonds. The van der Waals surface area contributed by atoms with Crippen molar-refractivity contribution in [2.24, 2.45) is 0 Å². The van der Waals surface area contributed by atoms with E-state index < -0.39 is 0 Å². The molecule has 0 fully saturated rings. The number of carbonyl (C=O) groups is 1. The zero-order valence-corrected chi connectivity index (χ0v) is 17.3. The third-order valence-corrected chi connectivity index (χ3v) is 5.42. The number of methoxy groups -OCH3 is 2. The molecule has 30 heavy (non-hydrogen) atoms. The highest BCUT2D eigenvalue weighted by molar-refractivity contribution is 5.89. The maximum Gasteiger partial charge on any atom is 0.337 e. The molecule has 0 aliphatic carbocycles. The van der Waals surface area contributed by atoms with Gasteiger partial charge in [-0.2, -0.15) is 0 Å². The third kappa shape index (κ3) is 4.23. The zero-order chi connectivity index (χ0) is 20.9. The summed E-state index contributed by atoms with van der Waals surface area (Å²) in [7, 11) is 3.09. The molecule has 1 aromatic heterocycles. The van der Waals surface area contributed by atoms with Crippen LogP contribution in [0.4, 0.5) is 0 Å². The average Bonchev–Trinajstić information content (AvgIpc) is 3.21. The molecule has 0 N–H and O–H groups in total. The monoisotopic (exact) mass is 399 g/mol. The molecule has 0 aliphatic heterocycles. The van der Waals surface area contributed by atoms with Gasteiger partial charge in [0.1, 0.15) is 5.75 Å². The number of ether oxygens (including phenoxy) is 2. The Bertz CT molecular complexity index is 1160. The fourth-order valence-corrected chi connectivity index (χ4v) is 3.85. The van der Waals surface area contributed by atoms with Gasteiger partial charge < -0.3 is 14.0 Å². The van der Waals surface area contributed by atoms with Crippen LogP contribution in [0.15, 0.2) is 79.0 Å². The largest absolute Gasteiger partial charge is 0.497 e. The minimum Gasteiger partial charge on any atom is -0.497 e. The van der Waals surface area contributed by atoms with E-state index in [9.17, 15) is 4.79 Å². The number of rotatable bonds is 7. The van der Waals surface area contributed by atoms with E-state index >= 15 is 0 Å². The van der Waals surface area contributed by atoms with Crippen LogP contribution in [0.5, 0.6) is 5.75 Å². The van der Waals surface area contributed by atoms with E-state index in [0.29, 0.717) is 5.56 Å². The lowest BCUT2D eigenvalue weighted by Crippen LogP contribution is -2.02. The number of fused-ring (bicyclic) bond motifs is 1. The Morgan fingerprint density at radius 3 is 2.43 bits per heavy atom. The number of nitrogens with zero attached hydrogens (tertiary/aromatic N) is 1. The summed E-state index contributed by atoms with van der Waals surface area (Å²) in [6.07, 6.45) is 3.99. The predicted octanol–water partition coefficient (Wildman–Crippen LogP) is 5.27. The number of para-hydroxylation sites is 1. The lowest BCUT2D eigenvalue weighted by atomic mass is 10.0. The normalized spacial score (nSPS) is 10.9. The van der Waals surface area contributed by atoms with Gasteiger partial charge in [-0.1, -0.05) is 42.5 Å². The summed E-state index contributed by atoms with van der Waals surface area (Å²) in [6.45, 7) is 0.797. The van der Waals surface area contributed by atoms with E-state index in [1.54, 1.807) is 7.11 Å². The van der Waals surface area contributed by atoms with Gasteiger partial charge in [-0.3, -0.25) is 0 Å². The molecule has 0 spiro atoms. The molecule has 0 radical (unpaired) electrons. The lowest BCUT2D eigenvalue weighted by molar-refractivity contribution is 0.0600. The molecule has 0 unspecified atom stereocenters. The van der Waals surface area contributed by atoms with Gasteiger partial charge in [0.2, 0.25) is 0 Å². The standard InChI is InChI=1S/C26H25NO3/c1-29-24-8-3-5-20(17-24)18-27-16-15-22-7-4-6-21(25(22)27)12-9-19-10-13-23(14-11-19)26(28)30-2/h3-8,10-11,13-17H,9,12,18H2,1-2H3. The second-order valence-corrected chi connectivity index (χ2v) is 7.34. The Labute approximate surface area is 176 Å². The van der Waals surface area contributed by atoms with Crippen molar-refractivity contribution in [2.45, 2.75) is 19.4 Å². The maximum atomic E-state index is 11.6. The molecule has 0 bridgehead atoms. The molecule has 1 heterocycles. The molecule has 0 aliphatic rings. The molecule has 0 saturated carbocycles. The molecule has 4 rings (SSSR count). The van der Waals surface area contributed by atoms with Crippen molar-refractivity contribution in [1.29, 1.82) is 0 Å². The summed E-state index contributed by atoms with van der Waals surface area (Å²) in [5.41, 5.74) is 5.57. The first-order valence-electron chi connectivity index (χ1n) is 10.0. The van der Waals surface area contributed by atoms with Crippen LogP contribution < -0.4 is 4.74 Å². The molecule has 152 valence electrons. The topological polar surface area (TPSA) is 40.5 Å². The number of carbonyl (C=O) groups excluding carboxylic acids is 1. The maximum absolute atomic E-state index is 11.6. The van der Waals surface area contributed by atoms with E-state index in [-0.39, 0.29) is 5.97 Å². The minimum atomic E-state index is -0.304. The summed E-state index contributed by atoms with van der Waals surface area (Å²) < 4.78 is 12.4. The predicted molar refractivity (Wildman–Crippen MR) is 119 cm³/mol. The highest BCUT2D eigenvalue weighted by Crippen LogP contribution is 2.24. The van der Waals surface area contributed by atoms with Crippen molar-refractivity contribution in [3.8, 4) is 5.75 Å². The number of hydrogen-bond acceptors (Lipinski definition) is 3. The summed E-state index contributed by atoms with van der Waals surface area (Å²) in [5.74, 6) is 0.571. The van der Waals surface area contributed by atoms with Crippen molar-refractivity contribution >= 4 is 16.9 Å². The van der Waals surface area contributed by atoms with Gasteiger partial charge in [0.15, 0.2) is 0 Å². The van der Waals surface area contributed by atoms with E-state index in [4.69, 9.17) is 9.47 Å². The molecule has 4 nitrogen and oxygen atoms in total.